The van der Waals surface area contributed by atoms with Crippen LogP contribution in [0.5, 0.6) is 0 Å². The van der Waals surface area contributed by atoms with Crippen LogP contribution in [-0.4, -0.2) is 20.5 Å². The maximum Gasteiger partial charge on any atom is 0.240 e. The molecule has 0 unspecified atom stereocenters. The highest BCUT2D eigenvalue weighted by Crippen LogP contribution is 2.17. The Morgan fingerprint density at radius 1 is 1.35 bits per heavy atom. The molecule has 0 saturated carbocycles. The quantitative estimate of drug-likeness (QED) is 0.834. The lowest BCUT2D eigenvalue weighted by molar-refractivity contribution is 0.391. The molecule has 0 bridgehead atoms. The predicted molar refractivity (Wildman–Crippen MR) is 78.6 cm³/mol. The third-order valence-electron chi connectivity index (χ3n) is 3.62. The van der Waals surface area contributed by atoms with Crippen molar-refractivity contribution < 1.29 is 8.42 Å². The molecule has 0 aromatic heterocycles. The van der Waals surface area contributed by atoms with Crippen molar-refractivity contribution in [2.24, 2.45) is 5.73 Å². The molecule has 3 N–H and O–H groups in total. The third-order valence-corrected chi connectivity index (χ3v) is 5.18. The summed E-state index contributed by atoms with van der Waals surface area (Å²) in [7, 11) is -3.61. The number of aryl methyl sites for hydroxylation is 1. The Bertz CT molecular complexity index is 614. The van der Waals surface area contributed by atoms with Crippen LogP contribution >= 0.6 is 0 Å². The molecule has 1 aromatic carbocycles. The standard InChI is InChI=1S/C14H21N3O2S/c1-4-14(16,5-2)10-17-20(18,19)13-7-6-12(9-15)8-11(13)3/h6-8,17H,4-5,10,16H2,1-3H3. The second-order valence-corrected chi connectivity index (χ2v) is 6.72. The summed E-state index contributed by atoms with van der Waals surface area (Å²) in [6.07, 6.45) is 1.39. The summed E-state index contributed by atoms with van der Waals surface area (Å²) in [5.74, 6) is 0. The first-order valence-corrected chi connectivity index (χ1v) is 8.05. The molecule has 0 radical (unpaired) electrons. The number of hydrogen-bond acceptors (Lipinski definition) is 4. The maximum absolute atomic E-state index is 12.3. The zero-order chi connectivity index (χ0) is 15.4. The van der Waals surface area contributed by atoms with Gasteiger partial charge in [-0.15, -0.1) is 0 Å². The fourth-order valence-corrected chi connectivity index (χ4v) is 3.20. The summed E-state index contributed by atoms with van der Waals surface area (Å²) >= 11 is 0. The summed E-state index contributed by atoms with van der Waals surface area (Å²) in [6.45, 7) is 5.74. The van der Waals surface area contributed by atoms with Crippen molar-refractivity contribution in [1.29, 1.82) is 5.26 Å². The molecule has 5 nitrogen and oxygen atoms in total. The summed E-state index contributed by atoms with van der Waals surface area (Å²) in [4.78, 5) is 0.186. The summed E-state index contributed by atoms with van der Waals surface area (Å²) in [5, 5.41) is 8.80. The number of sulfonamides is 1. The first-order chi connectivity index (χ1) is 9.28. The van der Waals surface area contributed by atoms with Gasteiger partial charge in [0.2, 0.25) is 10.0 Å². The Labute approximate surface area is 120 Å². The van der Waals surface area contributed by atoms with Crippen LogP contribution < -0.4 is 10.5 Å². The number of nitrogens with one attached hydrogen (secondary N) is 1. The molecule has 0 saturated heterocycles. The minimum absolute atomic E-state index is 0.186. The molecular weight excluding hydrogens is 274 g/mol. The van der Waals surface area contributed by atoms with Crippen LogP contribution in [-0.2, 0) is 10.0 Å². The van der Waals surface area contributed by atoms with Crippen molar-refractivity contribution in [1.82, 2.24) is 4.72 Å². The molecule has 6 heteroatoms. The lowest BCUT2D eigenvalue weighted by atomic mass is 9.95. The van der Waals surface area contributed by atoms with Gasteiger partial charge in [-0.2, -0.15) is 5.26 Å². The smallest absolute Gasteiger partial charge is 0.240 e. The molecule has 0 fully saturated rings. The molecule has 0 aliphatic rings. The zero-order valence-electron chi connectivity index (χ0n) is 12.1. The van der Waals surface area contributed by atoms with Gasteiger partial charge >= 0.3 is 0 Å². The number of nitriles is 1. The van der Waals surface area contributed by atoms with E-state index in [4.69, 9.17) is 11.0 Å². The van der Waals surface area contributed by atoms with Crippen LogP contribution in [0.4, 0.5) is 0 Å². The van der Waals surface area contributed by atoms with Gasteiger partial charge in [0, 0.05) is 12.1 Å². The Kier molecular flexibility index (Phi) is 5.28. The van der Waals surface area contributed by atoms with Gasteiger partial charge in [-0.1, -0.05) is 13.8 Å². The molecule has 110 valence electrons. The van der Waals surface area contributed by atoms with Gasteiger partial charge in [0.15, 0.2) is 0 Å². The highest BCUT2D eigenvalue weighted by molar-refractivity contribution is 7.89. The van der Waals surface area contributed by atoms with Gasteiger partial charge < -0.3 is 5.73 Å². The van der Waals surface area contributed by atoms with Crippen molar-refractivity contribution in [2.45, 2.75) is 44.0 Å². The van der Waals surface area contributed by atoms with Crippen molar-refractivity contribution >= 4 is 10.0 Å². The molecular formula is C14H21N3O2S. The maximum atomic E-state index is 12.3. The van der Waals surface area contributed by atoms with Gasteiger partial charge in [0.25, 0.3) is 0 Å². The van der Waals surface area contributed by atoms with Gasteiger partial charge in [-0.25, -0.2) is 13.1 Å². The number of rotatable bonds is 6. The van der Waals surface area contributed by atoms with Crippen molar-refractivity contribution in [3.63, 3.8) is 0 Å². The molecule has 0 amide bonds. The van der Waals surface area contributed by atoms with E-state index >= 15 is 0 Å². The second-order valence-electron chi connectivity index (χ2n) is 4.99. The first-order valence-electron chi connectivity index (χ1n) is 6.57. The van der Waals surface area contributed by atoms with Crippen LogP contribution in [0, 0.1) is 18.3 Å². The summed E-state index contributed by atoms with van der Waals surface area (Å²) < 4.78 is 27.1. The first kappa shape index (κ1) is 16.6. The van der Waals surface area contributed by atoms with Gasteiger partial charge in [-0.05, 0) is 43.5 Å². The topological polar surface area (TPSA) is 96.0 Å². The van der Waals surface area contributed by atoms with Gasteiger partial charge in [0.1, 0.15) is 0 Å². The highest BCUT2D eigenvalue weighted by atomic mass is 32.2. The molecule has 0 heterocycles. The fourth-order valence-electron chi connectivity index (χ4n) is 1.84. The van der Waals surface area contributed by atoms with Crippen molar-refractivity contribution in [3.05, 3.63) is 29.3 Å². The molecule has 0 atom stereocenters. The Hall–Kier alpha value is -1.42. The normalized spacial score (nSPS) is 12.2. The summed E-state index contributed by atoms with van der Waals surface area (Å²) in [6, 6.07) is 6.49. The van der Waals surface area contributed by atoms with E-state index in [1.165, 1.54) is 12.1 Å². The number of nitrogens with zero attached hydrogens (tertiary/aromatic N) is 1. The van der Waals surface area contributed by atoms with Crippen LogP contribution in [0.3, 0.4) is 0 Å². The van der Waals surface area contributed by atoms with E-state index in [2.05, 4.69) is 4.72 Å². The number of nitrogens with two attached hydrogens (primary N) is 1. The SMILES string of the molecule is CCC(N)(CC)CNS(=O)(=O)c1ccc(C#N)cc1C. The molecule has 1 rings (SSSR count). The molecule has 0 spiro atoms. The van der Waals surface area contributed by atoms with E-state index < -0.39 is 15.6 Å². The van der Waals surface area contributed by atoms with Crippen LogP contribution in [0.1, 0.15) is 37.8 Å². The monoisotopic (exact) mass is 295 g/mol. The lowest BCUT2D eigenvalue weighted by Crippen LogP contribution is -2.49. The molecule has 0 aliphatic carbocycles. The molecule has 1 aromatic rings. The van der Waals surface area contributed by atoms with Crippen LogP contribution in [0.25, 0.3) is 0 Å². The van der Waals surface area contributed by atoms with Crippen molar-refractivity contribution in [3.8, 4) is 6.07 Å². The van der Waals surface area contributed by atoms with E-state index in [1.807, 2.05) is 19.9 Å². The predicted octanol–water partition coefficient (Wildman–Crippen LogP) is 1.66. The van der Waals surface area contributed by atoms with E-state index in [1.54, 1.807) is 13.0 Å². The van der Waals surface area contributed by atoms with Crippen LogP contribution in [0.15, 0.2) is 23.1 Å². The average Bonchev–Trinajstić information content (AvgIpc) is 2.44. The largest absolute Gasteiger partial charge is 0.324 e. The van der Waals surface area contributed by atoms with E-state index in [0.29, 0.717) is 24.0 Å². The van der Waals surface area contributed by atoms with Crippen LogP contribution in [0.2, 0.25) is 0 Å². The average molecular weight is 295 g/mol. The second kappa shape index (κ2) is 6.35. The van der Waals surface area contributed by atoms with E-state index in [-0.39, 0.29) is 11.4 Å². The van der Waals surface area contributed by atoms with E-state index in [9.17, 15) is 8.42 Å². The Balaban J connectivity index is 2.98. The third kappa shape index (κ3) is 3.79. The Morgan fingerprint density at radius 3 is 2.40 bits per heavy atom. The van der Waals surface area contributed by atoms with Gasteiger partial charge in [0.05, 0.1) is 16.5 Å². The number of hydrogen-bond donors (Lipinski definition) is 2. The zero-order valence-corrected chi connectivity index (χ0v) is 12.9. The highest BCUT2D eigenvalue weighted by Gasteiger charge is 2.24. The lowest BCUT2D eigenvalue weighted by Gasteiger charge is -2.26. The van der Waals surface area contributed by atoms with Gasteiger partial charge in [-0.3, -0.25) is 0 Å². The van der Waals surface area contributed by atoms with E-state index in [0.717, 1.165) is 0 Å². The number of benzene rings is 1. The van der Waals surface area contributed by atoms with Crippen molar-refractivity contribution in [2.75, 3.05) is 6.54 Å². The summed E-state index contributed by atoms with van der Waals surface area (Å²) in [5.41, 5.74) is 6.55. The minimum Gasteiger partial charge on any atom is -0.324 e. The fraction of sp³-hybridized carbons (Fsp3) is 0.500. The molecule has 20 heavy (non-hydrogen) atoms. The minimum atomic E-state index is -3.61. The molecule has 0 aliphatic heterocycles. The Morgan fingerprint density at radius 2 is 1.95 bits per heavy atom.